The van der Waals surface area contributed by atoms with Crippen molar-refractivity contribution in [3.05, 3.63) is 34.3 Å². The summed E-state index contributed by atoms with van der Waals surface area (Å²) in [5, 5.41) is 3.62. The van der Waals surface area contributed by atoms with E-state index in [1.807, 2.05) is 0 Å². The Morgan fingerprint density at radius 2 is 1.81 bits per heavy atom. The van der Waals surface area contributed by atoms with Gasteiger partial charge in [-0.25, -0.2) is 0 Å². The van der Waals surface area contributed by atoms with E-state index in [1.54, 1.807) is 0 Å². The van der Waals surface area contributed by atoms with Crippen molar-refractivity contribution in [1.29, 1.82) is 0 Å². The van der Waals surface area contributed by atoms with E-state index < -0.39 is 0 Å². The maximum atomic E-state index is 3.62. The van der Waals surface area contributed by atoms with Gasteiger partial charge in [-0.3, -0.25) is 0 Å². The highest BCUT2D eigenvalue weighted by atomic mass is 79.9. The quantitative estimate of drug-likeness (QED) is 0.809. The van der Waals surface area contributed by atoms with Crippen LogP contribution in [0.4, 0.5) is 0 Å². The second kappa shape index (κ2) is 7.08. The van der Waals surface area contributed by atoms with E-state index in [0.717, 1.165) is 16.9 Å². The van der Waals surface area contributed by atoms with Crippen LogP contribution in [0.15, 0.2) is 28.7 Å². The Kier molecular flexibility index (Phi) is 6.07. The average Bonchev–Trinajstić information content (AvgIpc) is 2.25. The lowest BCUT2D eigenvalue weighted by Gasteiger charge is -2.21. The van der Waals surface area contributed by atoms with Crippen LogP contribution in [0.5, 0.6) is 0 Å². The van der Waals surface area contributed by atoms with Crippen LogP contribution in [0, 0.1) is 5.92 Å². The third kappa shape index (κ3) is 4.67. The van der Waals surface area contributed by atoms with Gasteiger partial charge in [0.25, 0.3) is 0 Å². The first-order valence-electron chi connectivity index (χ1n) is 6.12. The molecule has 1 aromatic carbocycles. The molecule has 1 unspecified atom stereocenters. The van der Waals surface area contributed by atoms with Crippen LogP contribution in [0.25, 0.3) is 0 Å². The van der Waals surface area contributed by atoms with Gasteiger partial charge in [-0.1, -0.05) is 48.8 Å². The van der Waals surface area contributed by atoms with Gasteiger partial charge in [0.15, 0.2) is 0 Å². The largest absolute Gasteiger partial charge is 0.310 e. The van der Waals surface area contributed by atoms with Gasteiger partial charge >= 0.3 is 0 Å². The van der Waals surface area contributed by atoms with Gasteiger partial charge in [-0.15, -0.1) is 0 Å². The van der Waals surface area contributed by atoms with E-state index in [1.165, 1.54) is 18.4 Å². The molecule has 1 N–H and O–H groups in total. The molecule has 0 radical (unpaired) electrons. The highest BCUT2D eigenvalue weighted by molar-refractivity contribution is 9.10. The smallest absolute Gasteiger partial charge is 0.0322 e. The highest BCUT2D eigenvalue weighted by Gasteiger charge is 2.11. The summed E-state index contributed by atoms with van der Waals surface area (Å²) >= 11 is 3.48. The van der Waals surface area contributed by atoms with Crippen molar-refractivity contribution >= 4 is 15.9 Å². The number of nitrogens with one attached hydrogen (secondary N) is 1. The van der Waals surface area contributed by atoms with Crippen molar-refractivity contribution in [2.75, 3.05) is 6.54 Å². The maximum absolute atomic E-state index is 3.62. The first kappa shape index (κ1) is 13.7. The van der Waals surface area contributed by atoms with E-state index in [0.29, 0.717) is 6.04 Å². The van der Waals surface area contributed by atoms with Gasteiger partial charge in [0, 0.05) is 10.5 Å². The lowest BCUT2D eigenvalue weighted by atomic mass is 9.97. The molecule has 1 nitrogen and oxygen atoms in total. The number of hydrogen-bond donors (Lipinski definition) is 1. The van der Waals surface area contributed by atoms with Gasteiger partial charge < -0.3 is 5.32 Å². The van der Waals surface area contributed by atoms with Gasteiger partial charge in [0.05, 0.1) is 0 Å². The van der Waals surface area contributed by atoms with Gasteiger partial charge in [-0.05, 0) is 43.0 Å². The first-order valence-corrected chi connectivity index (χ1v) is 6.91. The van der Waals surface area contributed by atoms with Crippen molar-refractivity contribution in [2.24, 2.45) is 5.92 Å². The van der Waals surface area contributed by atoms with E-state index in [9.17, 15) is 0 Å². The van der Waals surface area contributed by atoms with Crippen LogP contribution in [0.1, 0.15) is 45.2 Å². The first-order chi connectivity index (χ1) is 7.63. The molecule has 0 aromatic heterocycles. The summed E-state index contributed by atoms with van der Waals surface area (Å²) in [7, 11) is 0. The summed E-state index contributed by atoms with van der Waals surface area (Å²) in [6, 6.07) is 9.15. The number of rotatable bonds is 6. The molecule has 1 atom stereocenters. The minimum absolute atomic E-state index is 0.494. The Hall–Kier alpha value is -0.340. The summed E-state index contributed by atoms with van der Waals surface area (Å²) in [6.45, 7) is 7.85. The molecule has 0 spiro atoms. The zero-order valence-electron chi connectivity index (χ0n) is 10.5. The van der Waals surface area contributed by atoms with Crippen molar-refractivity contribution in [1.82, 2.24) is 5.32 Å². The monoisotopic (exact) mass is 283 g/mol. The topological polar surface area (TPSA) is 12.0 Å². The Morgan fingerprint density at radius 3 is 2.31 bits per heavy atom. The van der Waals surface area contributed by atoms with Crippen molar-refractivity contribution < 1.29 is 0 Å². The normalized spacial score (nSPS) is 13.1. The lowest BCUT2D eigenvalue weighted by molar-refractivity contribution is 0.430. The molecule has 2 heteroatoms. The molecule has 0 aliphatic rings. The number of benzene rings is 1. The molecular weight excluding hydrogens is 262 g/mol. The Balaban J connectivity index is 2.70. The van der Waals surface area contributed by atoms with Crippen LogP contribution >= 0.6 is 15.9 Å². The third-order valence-electron chi connectivity index (χ3n) is 2.62. The minimum Gasteiger partial charge on any atom is -0.310 e. The molecular formula is C14H22BrN. The molecule has 0 aliphatic heterocycles. The predicted octanol–water partition coefficient (Wildman–Crippen LogP) is 4.54. The second-order valence-electron chi connectivity index (χ2n) is 4.69. The summed E-state index contributed by atoms with van der Waals surface area (Å²) < 4.78 is 1.15. The zero-order chi connectivity index (χ0) is 12.0. The summed E-state index contributed by atoms with van der Waals surface area (Å²) in [6.07, 6.45) is 2.38. The van der Waals surface area contributed by atoms with Gasteiger partial charge in [0.1, 0.15) is 0 Å². The van der Waals surface area contributed by atoms with E-state index >= 15 is 0 Å². The fourth-order valence-corrected chi connectivity index (χ4v) is 2.09. The molecule has 0 fully saturated rings. The lowest BCUT2D eigenvalue weighted by Crippen LogP contribution is -2.23. The molecule has 90 valence electrons. The van der Waals surface area contributed by atoms with Crippen LogP contribution < -0.4 is 5.32 Å². The van der Waals surface area contributed by atoms with Crippen molar-refractivity contribution in [3.63, 3.8) is 0 Å². The van der Waals surface area contributed by atoms with Crippen LogP contribution in [-0.2, 0) is 0 Å². The predicted molar refractivity (Wildman–Crippen MR) is 74.6 cm³/mol. The highest BCUT2D eigenvalue weighted by Crippen LogP contribution is 2.22. The molecule has 0 saturated heterocycles. The summed E-state index contributed by atoms with van der Waals surface area (Å²) in [5.74, 6) is 0.720. The molecule has 1 aromatic rings. The third-order valence-corrected chi connectivity index (χ3v) is 3.15. The van der Waals surface area contributed by atoms with E-state index in [4.69, 9.17) is 0 Å². The fourth-order valence-electron chi connectivity index (χ4n) is 1.82. The van der Waals surface area contributed by atoms with Gasteiger partial charge in [-0.2, -0.15) is 0 Å². The number of hydrogen-bond acceptors (Lipinski definition) is 1. The van der Waals surface area contributed by atoms with E-state index in [2.05, 4.69) is 66.3 Å². The molecule has 16 heavy (non-hydrogen) atoms. The van der Waals surface area contributed by atoms with Crippen LogP contribution in [0.2, 0.25) is 0 Å². The molecule has 0 saturated carbocycles. The second-order valence-corrected chi connectivity index (χ2v) is 5.60. The Bertz CT molecular complexity index is 292. The minimum atomic E-state index is 0.494. The van der Waals surface area contributed by atoms with Crippen LogP contribution in [0.3, 0.4) is 0 Å². The summed E-state index contributed by atoms with van der Waals surface area (Å²) in [4.78, 5) is 0. The van der Waals surface area contributed by atoms with Crippen molar-refractivity contribution in [2.45, 2.75) is 39.7 Å². The molecule has 0 bridgehead atoms. The molecule has 1 rings (SSSR count). The van der Waals surface area contributed by atoms with Crippen LogP contribution in [-0.4, -0.2) is 6.54 Å². The average molecular weight is 284 g/mol. The summed E-state index contributed by atoms with van der Waals surface area (Å²) in [5.41, 5.74) is 1.39. The van der Waals surface area contributed by atoms with Crippen molar-refractivity contribution in [3.8, 4) is 0 Å². The molecule has 0 aliphatic carbocycles. The van der Waals surface area contributed by atoms with Gasteiger partial charge in [0.2, 0.25) is 0 Å². The Labute approximate surface area is 108 Å². The Morgan fingerprint density at radius 1 is 1.19 bits per heavy atom. The standard InChI is InChI=1S/C14H22BrN/c1-4-9-16-14(10-11(2)3)12-5-7-13(15)8-6-12/h5-8,11,14,16H,4,9-10H2,1-3H3. The SMILES string of the molecule is CCCNC(CC(C)C)c1ccc(Br)cc1. The molecule has 0 heterocycles. The number of halogens is 1. The van der Waals surface area contributed by atoms with E-state index in [-0.39, 0.29) is 0 Å². The fraction of sp³-hybridized carbons (Fsp3) is 0.571. The zero-order valence-corrected chi connectivity index (χ0v) is 12.0. The molecule has 0 amide bonds. The maximum Gasteiger partial charge on any atom is 0.0322 e.